The SMILES string of the molecule is Cc1cccc(C)c1NC(=O)[C@H](Cc1ccccc1)N1C(=O)[C@@H]2[C@H](C1=O)[C@H]1C=C[C@H]2CC1. The molecular weight excluding hydrogens is 400 g/mol. The lowest BCUT2D eigenvalue weighted by Gasteiger charge is -2.38. The number of hydrogen-bond donors (Lipinski definition) is 1. The van der Waals surface area contributed by atoms with Gasteiger partial charge >= 0.3 is 0 Å². The van der Waals surface area contributed by atoms with Crippen LogP contribution in [0, 0.1) is 37.5 Å². The van der Waals surface area contributed by atoms with Crippen LogP contribution in [-0.2, 0) is 20.8 Å². The molecule has 6 rings (SSSR count). The predicted octanol–water partition coefficient (Wildman–Crippen LogP) is 4.05. The van der Waals surface area contributed by atoms with Gasteiger partial charge in [-0.1, -0.05) is 60.7 Å². The van der Waals surface area contributed by atoms with Gasteiger partial charge in [0.05, 0.1) is 11.8 Å². The number of nitrogens with one attached hydrogen (secondary N) is 1. The minimum absolute atomic E-state index is 0.102. The van der Waals surface area contributed by atoms with Gasteiger partial charge in [0.1, 0.15) is 6.04 Å². The first-order valence-corrected chi connectivity index (χ1v) is 11.4. The molecule has 2 fully saturated rings. The van der Waals surface area contributed by atoms with Crippen molar-refractivity contribution in [1.82, 2.24) is 4.90 Å². The van der Waals surface area contributed by atoms with E-state index in [9.17, 15) is 14.4 Å². The minimum atomic E-state index is -0.874. The van der Waals surface area contributed by atoms with E-state index >= 15 is 0 Å². The molecule has 2 bridgehead atoms. The molecule has 1 saturated carbocycles. The number of hydrogen-bond acceptors (Lipinski definition) is 3. The molecule has 1 saturated heterocycles. The molecule has 5 heteroatoms. The van der Waals surface area contributed by atoms with Crippen LogP contribution in [0.15, 0.2) is 60.7 Å². The topological polar surface area (TPSA) is 66.5 Å². The summed E-state index contributed by atoms with van der Waals surface area (Å²) in [6, 6.07) is 14.6. The molecule has 32 heavy (non-hydrogen) atoms. The number of amides is 3. The second kappa shape index (κ2) is 8.05. The van der Waals surface area contributed by atoms with Gasteiger partial charge in [0.25, 0.3) is 0 Å². The van der Waals surface area contributed by atoms with E-state index in [1.807, 2.05) is 62.4 Å². The summed E-state index contributed by atoms with van der Waals surface area (Å²) < 4.78 is 0. The Hall–Kier alpha value is -3.21. The zero-order valence-corrected chi connectivity index (χ0v) is 18.5. The lowest BCUT2D eigenvalue weighted by atomic mass is 9.63. The number of para-hydroxylation sites is 1. The first-order chi connectivity index (χ1) is 15.5. The standard InChI is InChI=1S/C27H28N2O3/c1-16-7-6-8-17(2)24(16)28-25(30)21(15-18-9-4-3-5-10-18)29-26(31)22-19-11-12-20(14-13-19)23(22)27(29)32/h3-12,19-23H,13-15H2,1-2H3,(H,28,30)/t19-,20-,21-,22-,23+/m0/s1. The average Bonchev–Trinajstić information content (AvgIpc) is 3.08. The molecular formula is C27H28N2O3. The molecule has 0 radical (unpaired) electrons. The van der Waals surface area contributed by atoms with Crippen LogP contribution >= 0.6 is 0 Å². The number of likely N-dealkylation sites (tertiary alicyclic amines) is 1. The quantitative estimate of drug-likeness (QED) is 0.577. The maximum absolute atomic E-state index is 13.6. The number of benzene rings is 2. The van der Waals surface area contributed by atoms with Gasteiger partial charge in [0.2, 0.25) is 17.7 Å². The van der Waals surface area contributed by atoms with Crippen molar-refractivity contribution in [3.63, 3.8) is 0 Å². The number of imide groups is 1. The molecule has 2 aromatic rings. The molecule has 3 aliphatic carbocycles. The lowest BCUT2D eigenvalue weighted by molar-refractivity contribution is -0.146. The van der Waals surface area contributed by atoms with Crippen LogP contribution in [0.4, 0.5) is 5.69 Å². The minimum Gasteiger partial charge on any atom is -0.324 e. The van der Waals surface area contributed by atoms with Crippen LogP contribution in [-0.4, -0.2) is 28.7 Å². The largest absolute Gasteiger partial charge is 0.324 e. The molecule has 1 heterocycles. The number of rotatable bonds is 5. The monoisotopic (exact) mass is 428 g/mol. The summed E-state index contributed by atoms with van der Waals surface area (Å²) >= 11 is 0. The molecule has 0 aromatic heterocycles. The van der Waals surface area contributed by atoms with E-state index in [0.717, 1.165) is 35.2 Å². The third-order valence-corrected chi connectivity index (χ3v) is 7.41. The molecule has 5 atom stereocenters. The third kappa shape index (κ3) is 3.36. The maximum atomic E-state index is 13.6. The van der Waals surface area contributed by atoms with Crippen molar-refractivity contribution in [3.8, 4) is 0 Å². The molecule has 2 aromatic carbocycles. The fourth-order valence-electron chi connectivity index (χ4n) is 5.76. The highest BCUT2D eigenvalue weighted by Gasteiger charge is 2.58. The van der Waals surface area contributed by atoms with Gasteiger partial charge in [-0.05, 0) is 55.2 Å². The molecule has 0 spiro atoms. The summed E-state index contributed by atoms with van der Waals surface area (Å²) in [5.74, 6) is -1.12. The second-order valence-corrected chi connectivity index (χ2v) is 9.35. The van der Waals surface area contributed by atoms with Gasteiger partial charge in [-0.25, -0.2) is 0 Å². The fraction of sp³-hybridized carbons (Fsp3) is 0.370. The summed E-state index contributed by atoms with van der Waals surface area (Å²) in [5, 5.41) is 3.04. The van der Waals surface area contributed by atoms with Gasteiger partial charge in [-0.2, -0.15) is 0 Å². The van der Waals surface area contributed by atoms with Crippen molar-refractivity contribution in [3.05, 3.63) is 77.4 Å². The number of nitrogens with zero attached hydrogens (tertiary/aromatic N) is 1. The summed E-state index contributed by atoms with van der Waals surface area (Å²) in [6.45, 7) is 3.89. The number of fused-ring (bicyclic) bond motifs is 1. The smallest absolute Gasteiger partial charge is 0.248 e. The summed E-state index contributed by atoms with van der Waals surface area (Å²) in [6.07, 6.45) is 6.39. The normalized spacial score (nSPS) is 26.9. The number of anilines is 1. The number of carbonyl (C=O) groups excluding carboxylic acids is 3. The van der Waals surface area contributed by atoms with Crippen LogP contribution in [0.3, 0.4) is 0 Å². The Balaban J connectivity index is 1.50. The van der Waals surface area contributed by atoms with E-state index in [2.05, 4.69) is 17.5 Å². The number of carbonyl (C=O) groups is 3. The first-order valence-electron chi connectivity index (χ1n) is 11.4. The Labute approximate surface area is 188 Å². The highest BCUT2D eigenvalue weighted by Crippen LogP contribution is 2.50. The van der Waals surface area contributed by atoms with Gasteiger partial charge in [-0.3, -0.25) is 19.3 Å². The predicted molar refractivity (Wildman–Crippen MR) is 123 cm³/mol. The van der Waals surface area contributed by atoms with Crippen molar-refractivity contribution in [2.75, 3.05) is 5.32 Å². The number of aryl methyl sites for hydroxylation is 2. The molecule has 1 aliphatic heterocycles. The fourth-order valence-corrected chi connectivity index (χ4v) is 5.76. The van der Waals surface area contributed by atoms with Crippen molar-refractivity contribution in [2.24, 2.45) is 23.7 Å². The third-order valence-electron chi connectivity index (χ3n) is 7.41. The molecule has 1 N–H and O–H groups in total. The second-order valence-electron chi connectivity index (χ2n) is 9.35. The molecule has 4 aliphatic rings. The van der Waals surface area contributed by atoms with Crippen LogP contribution in [0.2, 0.25) is 0 Å². The summed E-state index contributed by atoms with van der Waals surface area (Å²) in [5.41, 5.74) is 3.57. The molecule has 164 valence electrons. The van der Waals surface area contributed by atoms with E-state index < -0.39 is 6.04 Å². The molecule has 5 nitrogen and oxygen atoms in total. The first kappa shape index (κ1) is 20.7. The van der Waals surface area contributed by atoms with Gasteiger partial charge < -0.3 is 5.32 Å². The zero-order chi connectivity index (χ0) is 22.4. The van der Waals surface area contributed by atoms with E-state index in [1.165, 1.54) is 4.90 Å². The van der Waals surface area contributed by atoms with E-state index in [-0.39, 0.29) is 41.4 Å². The Kier molecular flexibility index (Phi) is 5.20. The van der Waals surface area contributed by atoms with Gasteiger partial charge in [0.15, 0.2) is 0 Å². The van der Waals surface area contributed by atoms with Crippen LogP contribution < -0.4 is 5.32 Å². The molecule has 0 unspecified atom stereocenters. The van der Waals surface area contributed by atoms with Gasteiger partial charge in [0, 0.05) is 12.1 Å². The van der Waals surface area contributed by atoms with E-state index in [4.69, 9.17) is 0 Å². The van der Waals surface area contributed by atoms with Crippen molar-refractivity contribution < 1.29 is 14.4 Å². The highest BCUT2D eigenvalue weighted by molar-refractivity contribution is 6.10. The van der Waals surface area contributed by atoms with Crippen molar-refractivity contribution >= 4 is 23.4 Å². The van der Waals surface area contributed by atoms with Crippen molar-refractivity contribution in [2.45, 2.75) is 39.2 Å². The number of allylic oxidation sites excluding steroid dienone is 2. The Morgan fingerprint density at radius 3 is 2.00 bits per heavy atom. The van der Waals surface area contributed by atoms with Crippen LogP contribution in [0.5, 0.6) is 0 Å². The van der Waals surface area contributed by atoms with Crippen LogP contribution in [0.1, 0.15) is 29.5 Å². The van der Waals surface area contributed by atoms with E-state index in [1.54, 1.807) is 0 Å². The Morgan fingerprint density at radius 1 is 0.906 bits per heavy atom. The highest BCUT2D eigenvalue weighted by atomic mass is 16.2. The molecule has 3 amide bonds. The van der Waals surface area contributed by atoms with Crippen molar-refractivity contribution in [1.29, 1.82) is 0 Å². The Morgan fingerprint density at radius 2 is 1.47 bits per heavy atom. The summed E-state index contributed by atoms with van der Waals surface area (Å²) in [4.78, 5) is 42.0. The summed E-state index contributed by atoms with van der Waals surface area (Å²) in [7, 11) is 0. The van der Waals surface area contributed by atoms with Gasteiger partial charge in [-0.15, -0.1) is 0 Å². The van der Waals surface area contributed by atoms with E-state index in [0.29, 0.717) is 6.42 Å². The average molecular weight is 429 g/mol. The lowest BCUT2D eigenvalue weighted by Crippen LogP contribution is -2.49. The zero-order valence-electron chi connectivity index (χ0n) is 18.5. The van der Waals surface area contributed by atoms with Crippen LogP contribution in [0.25, 0.3) is 0 Å². The maximum Gasteiger partial charge on any atom is 0.248 e. The Bertz CT molecular complexity index is 1050.